The van der Waals surface area contributed by atoms with E-state index in [1.54, 1.807) is 42.5 Å². The van der Waals surface area contributed by atoms with E-state index in [9.17, 15) is 17.6 Å². The number of hydrogen-bond acceptors (Lipinski definition) is 4. The Morgan fingerprint density at radius 3 is 2.25 bits per heavy atom. The van der Waals surface area contributed by atoms with Crippen LogP contribution in [0.2, 0.25) is 0 Å². The Hall–Kier alpha value is -2.45. The van der Waals surface area contributed by atoms with E-state index >= 15 is 0 Å². The number of rotatable bonds is 4. The van der Waals surface area contributed by atoms with Crippen molar-refractivity contribution in [1.29, 1.82) is 0 Å². The van der Waals surface area contributed by atoms with Crippen LogP contribution in [0.4, 0.5) is 10.1 Å². The summed E-state index contributed by atoms with van der Waals surface area (Å²) in [6.07, 6.45) is 0.435. The number of nitrogens with one attached hydrogen (secondary N) is 1. The van der Waals surface area contributed by atoms with Crippen molar-refractivity contribution in [3.63, 3.8) is 0 Å². The number of anilines is 1. The van der Waals surface area contributed by atoms with Gasteiger partial charge in [-0.3, -0.25) is 4.79 Å². The fourth-order valence-electron chi connectivity index (χ4n) is 3.78. The molecule has 8 heteroatoms. The van der Waals surface area contributed by atoms with Gasteiger partial charge in [-0.15, -0.1) is 0 Å². The third-order valence-corrected chi connectivity index (χ3v) is 7.31. The van der Waals surface area contributed by atoms with Crippen LogP contribution in [0.5, 0.6) is 0 Å². The van der Waals surface area contributed by atoms with Gasteiger partial charge in [-0.1, -0.05) is 24.3 Å². The molecule has 0 saturated carbocycles. The normalized spacial score (nSPS) is 21.0. The Kier molecular flexibility index (Phi) is 5.07. The minimum absolute atomic E-state index is 0.0226. The fourth-order valence-corrected chi connectivity index (χ4v) is 5.20. The second-order valence-corrected chi connectivity index (χ2v) is 9.05. The highest BCUT2D eigenvalue weighted by atomic mass is 32.2. The van der Waals surface area contributed by atoms with Crippen molar-refractivity contribution in [2.75, 3.05) is 37.6 Å². The summed E-state index contributed by atoms with van der Waals surface area (Å²) in [6, 6.07) is 13.3. The Morgan fingerprint density at radius 2 is 1.64 bits per heavy atom. The Labute approximate surface area is 164 Å². The van der Waals surface area contributed by atoms with E-state index in [2.05, 4.69) is 5.32 Å². The molecule has 0 bridgehead atoms. The molecule has 1 amide bonds. The maximum absolute atomic E-state index is 14.0. The number of nitrogens with zero attached hydrogens (tertiary/aromatic N) is 2. The highest BCUT2D eigenvalue weighted by Crippen LogP contribution is 2.26. The molecule has 2 aromatic rings. The molecule has 6 nitrogen and oxygen atoms in total. The summed E-state index contributed by atoms with van der Waals surface area (Å²) in [5, 5.41) is 2.79. The zero-order valence-electron chi connectivity index (χ0n) is 15.3. The van der Waals surface area contributed by atoms with Crippen LogP contribution in [0.25, 0.3) is 0 Å². The summed E-state index contributed by atoms with van der Waals surface area (Å²) >= 11 is 0. The van der Waals surface area contributed by atoms with Crippen LogP contribution in [0, 0.1) is 5.82 Å². The van der Waals surface area contributed by atoms with Crippen molar-refractivity contribution in [1.82, 2.24) is 9.62 Å². The van der Waals surface area contributed by atoms with Crippen molar-refractivity contribution >= 4 is 21.6 Å². The number of benzene rings is 2. The summed E-state index contributed by atoms with van der Waals surface area (Å²) in [5.41, 5.74) is 1.46. The predicted molar refractivity (Wildman–Crippen MR) is 104 cm³/mol. The van der Waals surface area contributed by atoms with Gasteiger partial charge in [0.05, 0.1) is 10.6 Å². The quantitative estimate of drug-likeness (QED) is 0.847. The summed E-state index contributed by atoms with van der Waals surface area (Å²) in [6.45, 7) is 2.07. The lowest BCUT2D eigenvalue weighted by atomic mass is 9.99. The van der Waals surface area contributed by atoms with E-state index in [0.29, 0.717) is 44.8 Å². The topological polar surface area (TPSA) is 69.7 Å². The van der Waals surface area contributed by atoms with Gasteiger partial charge in [-0.25, -0.2) is 12.8 Å². The Bertz CT molecular complexity index is 970. The van der Waals surface area contributed by atoms with Crippen molar-refractivity contribution in [3.8, 4) is 0 Å². The first-order valence-corrected chi connectivity index (χ1v) is 10.8. The summed E-state index contributed by atoms with van der Waals surface area (Å²) in [4.78, 5) is 13.5. The molecule has 2 aromatic carbocycles. The molecule has 2 heterocycles. The molecule has 0 spiro atoms. The molecule has 0 aliphatic carbocycles. The molecule has 1 atom stereocenters. The monoisotopic (exact) mass is 403 g/mol. The Balaban J connectivity index is 1.44. The van der Waals surface area contributed by atoms with Crippen LogP contribution in [0.15, 0.2) is 53.4 Å². The first-order chi connectivity index (χ1) is 13.4. The lowest BCUT2D eigenvalue weighted by molar-refractivity contribution is -0.119. The Morgan fingerprint density at radius 1 is 0.964 bits per heavy atom. The summed E-state index contributed by atoms with van der Waals surface area (Å²) in [7, 11) is -3.60. The van der Waals surface area contributed by atoms with Crippen molar-refractivity contribution in [3.05, 3.63) is 59.9 Å². The number of piperazine rings is 1. The van der Waals surface area contributed by atoms with Crippen LogP contribution >= 0.6 is 0 Å². The first kappa shape index (κ1) is 18.9. The van der Waals surface area contributed by atoms with Gasteiger partial charge in [0, 0.05) is 45.1 Å². The van der Waals surface area contributed by atoms with E-state index in [1.807, 2.05) is 4.90 Å². The number of amides is 1. The minimum atomic E-state index is -3.60. The molecule has 2 aliphatic heterocycles. The van der Waals surface area contributed by atoms with Crippen LogP contribution in [0.1, 0.15) is 17.9 Å². The smallest absolute Gasteiger partial charge is 0.243 e. The maximum atomic E-state index is 14.0. The third kappa shape index (κ3) is 3.62. The van der Waals surface area contributed by atoms with E-state index in [4.69, 9.17) is 0 Å². The molecule has 4 rings (SSSR count). The highest BCUT2D eigenvalue weighted by Gasteiger charge is 2.30. The largest absolute Gasteiger partial charge is 0.367 e. The fraction of sp³-hybridized carbons (Fsp3) is 0.350. The molecule has 2 aliphatic rings. The van der Waals surface area contributed by atoms with Gasteiger partial charge < -0.3 is 10.2 Å². The molecule has 28 heavy (non-hydrogen) atoms. The molecule has 2 fully saturated rings. The average Bonchev–Trinajstić information content (AvgIpc) is 3.15. The SMILES string of the molecule is O=C1C[C@H](c2ccc(S(=O)(=O)N3CCN(c4ccccc4F)CC3)cc2)CN1. The second-order valence-electron chi connectivity index (χ2n) is 7.12. The summed E-state index contributed by atoms with van der Waals surface area (Å²) in [5.74, 6) is -0.183. The van der Waals surface area contributed by atoms with E-state index in [-0.39, 0.29) is 22.5 Å². The second kappa shape index (κ2) is 7.52. The minimum Gasteiger partial charge on any atom is -0.367 e. The number of carbonyl (C=O) groups is 1. The van der Waals surface area contributed by atoms with Crippen LogP contribution < -0.4 is 10.2 Å². The van der Waals surface area contributed by atoms with E-state index in [1.165, 1.54) is 10.4 Å². The van der Waals surface area contributed by atoms with Gasteiger partial charge in [0.25, 0.3) is 0 Å². The predicted octanol–water partition coefficient (Wildman–Crippen LogP) is 1.94. The molecule has 0 aromatic heterocycles. The number of hydrogen-bond donors (Lipinski definition) is 1. The van der Waals surface area contributed by atoms with Gasteiger partial charge in [0.15, 0.2) is 0 Å². The third-order valence-electron chi connectivity index (χ3n) is 5.40. The van der Waals surface area contributed by atoms with Gasteiger partial charge in [0.1, 0.15) is 5.82 Å². The van der Waals surface area contributed by atoms with Crippen molar-refractivity contribution in [2.24, 2.45) is 0 Å². The lowest BCUT2D eigenvalue weighted by Gasteiger charge is -2.35. The number of sulfonamides is 1. The van der Waals surface area contributed by atoms with E-state index < -0.39 is 10.0 Å². The number of para-hydroxylation sites is 1. The zero-order chi connectivity index (χ0) is 19.7. The van der Waals surface area contributed by atoms with Crippen LogP contribution in [0.3, 0.4) is 0 Å². The average molecular weight is 403 g/mol. The molecule has 2 saturated heterocycles. The van der Waals surface area contributed by atoms with Gasteiger partial charge in [0.2, 0.25) is 15.9 Å². The lowest BCUT2D eigenvalue weighted by Crippen LogP contribution is -2.48. The van der Waals surface area contributed by atoms with Crippen LogP contribution in [-0.4, -0.2) is 51.4 Å². The molecule has 0 radical (unpaired) electrons. The van der Waals surface area contributed by atoms with Gasteiger partial charge in [-0.05, 0) is 29.8 Å². The maximum Gasteiger partial charge on any atom is 0.243 e. The molecule has 0 unspecified atom stereocenters. The molecular formula is C20H22FN3O3S. The van der Waals surface area contributed by atoms with Crippen molar-refractivity contribution < 1.29 is 17.6 Å². The number of carbonyl (C=O) groups excluding carboxylic acids is 1. The summed E-state index contributed by atoms with van der Waals surface area (Å²) < 4.78 is 41.3. The van der Waals surface area contributed by atoms with Crippen molar-refractivity contribution in [2.45, 2.75) is 17.2 Å². The van der Waals surface area contributed by atoms with Gasteiger partial charge >= 0.3 is 0 Å². The molecule has 1 N–H and O–H groups in total. The molecular weight excluding hydrogens is 381 g/mol. The standard InChI is InChI=1S/C20H22FN3O3S/c21-18-3-1-2-4-19(18)23-9-11-24(12-10-23)28(26,27)17-7-5-15(6-8-17)16-13-20(25)22-14-16/h1-8,16H,9-14H2,(H,22,25)/t16-/m0/s1. The molecule has 148 valence electrons. The van der Waals surface area contributed by atoms with Crippen LogP contribution in [-0.2, 0) is 14.8 Å². The zero-order valence-corrected chi connectivity index (χ0v) is 16.2. The highest BCUT2D eigenvalue weighted by molar-refractivity contribution is 7.89. The number of halogens is 1. The van der Waals surface area contributed by atoms with E-state index in [0.717, 1.165) is 5.56 Å². The van der Waals surface area contributed by atoms with Gasteiger partial charge in [-0.2, -0.15) is 4.31 Å². The first-order valence-electron chi connectivity index (χ1n) is 9.31.